The molecule has 0 radical (unpaired) electrons. The van der Waals surface area contributed by atoms with E-state index >= 15 is 0 Å². The Morgan fingerprint density at radius 1 is 1.06 bits per heavy atom. The number of fused-ring (bicyclic) bond motifs is 2. The van der Waals surface area contributed by atoms with E-state index in [1.807, 2.05) is 41.3 Å². The summed E-state index contributed by atoms with van der Waals surface area (Å²) >= 11 is 0. The molecule has 34 heavy (non-hydrogen) atoms. The lowest BCUT2D eigenvalue weighted by Crippen LogP contribution is -2.45. The summed E-state index contributed by atoms with van der Waals surface area (Å²) in [6.07, 6.45) is 3.43. The van der Waals surface area contributed by atoms with Crippen molar-refractivity contribution in [2.75, 3.05) is 13.1 Å². The Bertz CT molecular complexity index is 1480. The van der Waals surface area contributed by atoms with Crippen LogP contribution in [0, 0.1) is 17.2 Å². The van der Waals surface area contributed by atoms with Crippen molar-refractivity contribution in [3.05, 3.63) is 87.8 Å². The Hall–Kier alpha value is -3.74. The van der Waals surface area contributed by atoms with Gasteiger partial charge in [0.1, 0.15) is 16.8 Å². The summed E-state index contributed by atoms with van der Waals surface area (Å²) in [5.41, 5.74) is 2.21. The molecule has 1 amide bonds. The van der Waals surface area contributed by atoms with Gasteiger partial charge in [-0.3, -0.25) is 19.4 Å². The van der Waals surface area contributed by atoms with Crippen LogP contribution >= 0.6 is 0 Å². The van der Waals surface area contributed by atoms with E-state index in [1.54, 1.807) is 29.0 Å². The second kappa shape index (κ2) is 8.89. The molecule has 0 saturated carbocycles. The van der Waals surface area contributed by atoms with Crippen molar-refractivity contribution in [3.63, 3.8) is 0 Å². The second-order valence-corrected chi connectivity index (χ2v) is 9.53. The van der Waals surface area contributed by atoms with Crippen molar-refractivity contribution in [1.82, 2.24) is 18.9 Å². The zero-order chi connectivity index (χ0) is 23.8. The van der Waals surface area contributed by atoms with Gasteiger partial charge in [-0.1, -0.05) is 50.2 Å². The van der Waals surface area contributed by atoms with Crippen molar-refractivity contribution in [1.29, 1.82) is 5.41 Å². The average Bonchev–Trinajstić information content (AvgIpc) is 2.83. The second-order valence-electron chi connectivity index (χ2n) is 9.53. The largest absolute Gasteiger partial charge is 0.338 e. The number of aromatic nitrogens is 3. The molecule has 0 aliphatic carbocycles. The molecule has 1 aromatic carbocycles. The third kappa shape index (κ3) is 4.02. The van der Waals surface area contributed by atoms with E-state index in [-0.39, 0.29) is 22.5 Å². The molecule has 4 heterocycles. The Morgan fingerprint density at radius 3 is 2.50 bits per heavy atom. The highest BCUT2D eigenvalue weighted by atomic mass is 16.2. The SMILES string of the molecule is CC1CC(C)CN(C(=O)c2cc3c(=O)n4ccccc4nc3n(CCc3ccccc3)c2=N)C1. The van der Waals surface area contributed by atoms with Gasteiger partial charge in [-0.2, -0.15) is 0 Å². The van der Waals surface area contributed by atoms with Crippen molar-refractivity contribution < 1.29 is 4.79 Å². The number of rotatable bonds is 4. The zero-order valence-electron chi connectivity index (χ0n) is 19.6. The van der Waals surface area contributed by atoms with E-state index in [4.69, 9.17) is 10.4 Å². The lowest BCUT2D eigenvalue weighted by Gasteiger charge is -2.35. The molecule has 0 bridgehead atoms. The Balaban J connectivity index is 1.68. The van der Waals surface area contributed by atoms with Crippen molar-refractivity contribution in [3.8, 4) is 0 Å². The maximum atomic E-state index is 13.6. The van der Waals surface area contributed by atoms with Gasteiger partial charge in [0.25, 0.3) is 11.5 Å². The summed E-state index contributed by atoms with van der Waals surface area (Å²) in [5.74, 6) is 0.629. The monoisotopic (exact) mass is 455 g/mol. The number of aryl methyl sites for hydroxylation is 2. The number of piperidine rings is 1. The van der Waals surface area contributed by atoms with E-state index in [1.165, 1.54) is 4.40 Å². The number of nitrogens with one attached hydrogen (secondary N) is 1. The first-order chi connectivity index (χ1) is 16.4. The zero-order valence-corrected chi connectivity index (χ0v) is 19.6. The van der Waals surface area contributed by atoms with Crippen LogP contribution in [-0.4, -0.2) is 37.8 Å². The maximum absolute atomic E-state index is 13.6. The van der Waals surface area contributed by atoms with Crippen LogP contribution < -0.4 is 11.0 Å². The van der Waals surface area contributed by atoms with Crippen LogP contribution in [0.4, 0.5) is 0 Å². The minimum atomic E-state index is -0.233. The highest BCUT2D eigenvalue weighted by Crippen LogP contribution is 2.22. The predicted octanol–water partition coefficient (Wildman–Crippen LogP) is 3.49. The number of benzene rings is 1. The molecule has 1 aliphatic heterocycles. The molecule has 7 nitrogen and oxygen atoms in total. The van der Waals surface area contributed by atoms with Gasteiger partial charge in [0.2, 0.25) is 0 Å². The quantitative estimate of drug-likeness (QED) is 0.478. The van der Waals surface area contributed by atoms with Crippen LogP contribution in [0.1, 0.15) is 36.2 Å². The van der Waals surface area contributed by atoms with Crippen LogP contribution in [0.25, 0.3) is 16.7 Å². The van der Waals surface area contributed by atoms with Crippen molar-refractivity contribution >= 4 is 22.6 Å². The molecule has 1 N–H and O–H groups in total. The van der Waals surface area contributed by atoms with E-state index < -0.39 is 0 Å². The van der Waals surface area contributed by atoms with Crippen molar-refractivity contribution in [2.45, 2.75) is 33.2 Å². The van der Waals surface area contributed by atoms with Gasteiger partial charge < -0.3 is 9.47 Å². The molecule has 174 valence electrons. The van der Waals surface area contributed by atoms with Gasteiger partial charge >= 0.3 is 0 Å². The fourth-order valence-corrected chi connectivity index (χ4v) is 5.15. The molecule has 0 spiro atoms. The first-order valence-corrected chi connectivity index (χ1v) is 11.8. The fourth-order valence-electron chi connectivity index (χ4n) is 5.15. The normalized spacial score (nSPS) is 18.5. The fraction of sp³-hybridized carbons (Fsp3) is 0.333. The van der Waals surface area contributed by atoms with E-state index in [0.717, 1.165) is 12.0 Å². The van der Waals surface area contributed by atoms with Gasteiger partial charge in [0.15, 0.2) is 0 Å². The minimum Gasteiger partial charge on any atom is -0.338 e. The van der Waals surface area contributed by atoms with E-state index in [0.29, 0.717) is 54.6 Å². The van der Waals surface area contributed by atoms with Gasteiger partial charge in [-0.15, -0.1) is 0 Å². The minimum absolute atomic E-state index is 0.103. The smallest absolute Gasteiger partial charge is 0.267 e. The molecule has 1 saturated heterocycles. The molecule has 1 fully saturated rings. The number of pyridine rings is 2. The molecular formula is C27H29N5O2. The maximum Gasteiger partial charge on any atom is 0.267 e. The standard InChI is InChI=1S/C27H29N5O2/c1-18-14-19(2)17-30(16-18)26(33)21-15-22-25(29-23-10-6-7-12-31(23)27(22)34)32(24(21)28)13-11-20-8-4-3-5-9-20/h3-10,12,15,18-19,28H,11,13-14,16-17H2,1-2H3. The van der Waals surface area contributed by atoms with Crippen LogP contribution in [0.5, 0.6) is 0 Å². The number of carbonyl (C=O) groups is 1. The lowest BCUT2D eigenvalue weighted by molar-refractivity contribution is 0.0620. The first kappa shape index (κ1) is 22.1. The lowest BCUT2D eigenvalue weighted by atomic mass is 9.91. The Labute approximate surface area is 197 Å². The molecular weight excluding hydrogens is 426 g/mol. The van der Waals surface area contributed by atoms with E-state index in [2.05, 4.69) is 13.8 Å². The molecule has 2 unspecified atom stereocenters. The topological polar surface area (TPSA) is 83.5 Å². The van der Waals surface area contributed by atoms with Gasteiger partial charge in [0.05, 0.1) is 10.9 Å². The summed E-state index contributed by atoms with van der Waals surface area (Å²) < 4.78 is 3.22. The summed E-state index contributed by atoms with van der Waals surface area (Å²) in [6.45, 7) is 6.09. The summed E-state index contributed by atoms with van der Waals surface area (Å²) in [5, 5.41) is 9.35. The number of nitrogens with zero attached hydrogens (tertiary/aromatic N) is 4. The number of carbonyl (C=O) groups excluding carboxylic acids is 1. The molecule has 5 rings (SSSR count). The average molecular weight is 456 g/mol. The molecule has 7 heteroatoms. The van der Waals surface area contributed by atoms with Crippen LogP contribution in [0.3, 0.4) is 0 Å². The summed E-state index contributed by atoms with van der Waals surface area (Å²) in [6, 6.07) is 17.0. The van der Waals surface area contributed by atoms with Gasteiger partial charge in [-0.05, 0) is 48.4 Å². The molecule has 4 aromatic rings. The predicted molar refractivity (Wildman–Crippen MR) is 132 cm³/mol. The van der Waals surface area contributed by atoms with Gasteiger partial charge in [-0.25, -0.2) is 4.98 Å². The third-order valence-corrected chi connectivity index (χ3v) is 6.67. The highest BCUT2D eigenvalue weighted by Gasteiger charge is 2.28. The van der Waals surface area contributed by atoms with Crippen LogP contribution in [0.2, 0.25) is 0 Å². The summed E-state index contributed by atoms with van der Waals surface area (Å²) in [7, 11) is 0. The molecule has 1 aliphatic rings. The number of hydrogen-bond acceptors (Lipinski definition) is 4. The van der Waals surface area contributed by atoms with Crippen molar-refractivity contribution in [2.24, 2.45) is 11.8 Å². The third-order valence-electron chi connectivity index (χ3n) is 6.67. The highest BCUT2D eigenvalue weighted by molar-refractivity contribution is 5.97. The Kier molecular flexibility index (Phi) is 5.77. The molecule has 3 aromatic heterocycles. The van der Waals surface area contributed by atoms with Crippen LogP contribution in [0.15, 0.2) is 65.6 Å². The van der Waals surface area contributed by atoms with Crippen LogP contribution in [-0.2, 0) is 13.0 Å². The Morgan fingerprint density at radius 2 is 1.76 bits per heavy atom. The summed E-state index contributed by atoms with van der Waals surface area (Å²) in [4.78, 5) is 33.6. The number of likely N-dealkylation sites (tertiary alicyclic amines) is 1. The molecule has 2 atom stereocenters. The first-order valence-electron chi connectivity index (χ1n) is 11.8. The number of amides is 1. The van der Waals surface area contributed by atoms with E-state index in [9.17, 15) is 9.59 Å². The number of hydrogen-bond donors (Lipinski definition) is 1. The van der Waals surface area contributed by atoms with Gasteiger partial charge in [0, 0.05) is 25.8 Å².